The van der Waals surface area contributed by atoms with E-state index in [1.807, 2.05) is 24.3 Å². The Bertz CT molecular complexity index is 716. The lowest BCUT2D eigenvalue weighted by atomic mass is 9.64. The molecule has 2 aromatic carbocycles. The van der Waals surface area contributed by atoms with Crippen molar-refractivity contribution < 1.29 is 14.3 Å². The predicted molar refractivity (Wildman–Crippen MR) is 103 cm³/mol. The van der Waals surface area contributed by atoms with Gasteiger partial charge in [0.05, 0.1) is 14.2 Å². The van der Waals surface area contributed by atoms with Crippen molar-refractivity contribution in [3.05, 3.63) is 59.7 Å². The average Bonchev–Trinajstić information content (AvgIpc) is 2.66. The Morgan fingerprint density at radius 3 is 2.23 bits per heavy atom. The van der Waals surface area contributed by atoms with E-state index < -0.39 is 0 Å². The zero-order valence-corrected chi connectivity index (χ0v) is 15.6. The summed E-state index contributed by atoms with van der Waals surface area (Å²) in [6.45, 7) is 0.720. The molecule has 0 aliphatic heterocycles. The molecule has 4 nitrogen and oxygen atoms in total. The molecule has 1 fully saturated rings. The first kappa shape index (κ1) is 18.3. The monoisotopic (exact) mass is 353 g/mol. The van der Waals surface area contributed by atoms with Crippen LogP contribution in [0.5, 0.6) is 11.5 Å². The molecule has 1 amide bonds. The van der Waals surface area contributed by atoms with Crippen molar-refractivity contribution in [2.24, 2.45) is 0 Å². The van der Waals surface area contributed by atoms with Gasteiger partial charge in [-0.25, -0.2) is 0 Å². The van der Waals surface area contributed by atoms with Crippen LogP contribution in [0.4, 0.5) is 0 Å². The van der Waals surface area contributed by atoms with E-state index in [9.17, 15) is 4.79 Å². The molecule has 2 aromatic rings. The summed E-state index contributed by atoms with van der Waals surface area (Å²) in [4.78, 5) is 12.4. The SMILES string of the molecule is COc1cc(CCC(=O)NCC2(c3ccccc3)CCC2)cc(OC)c1. The lowest BCUT2D eigenvalue weighted by Crippen LogP contribution is -2.45. The Kier molecular flexibility index (Phi) is 5.82. The summed E-state index contributed by atoms with van der Waals surface area (Å²) < 4.78 is 10.6. The number of carbonyl (C=O) groups excluding carboxylic acids is 1. The quantitative estimate of drug-likeness (QED) is 0.783. The molecule has 1 aliphatic carbocycles. The average molecular weight is 353 g/mol. The number of hydrogen-bond donors (Lipinski definition) is 1. The number of carbonyl (C=O) groups is 1. The van der Waals surface area contributed by atoms with Crippen molar-refractivity contribution in [1.29, 1.82) is 0 Å². The largest absolute Gasteiger partial charge is 0.497 e. The second kappa shape index (κ2) is 8.26. The van der Waals surface area contributed by atoms with Crippen molar-refractivity contribution in [2.75, 3.05) is 20.8 Å². The number of ether oxygens (including phenoxy) is 2. The molecule has 26 heavy (non-hydrogen) atoms. The minimum Gasteiger partial charge on any atom is -0.497 e. The second-order valence-corrected chi connectivity index (χ2v) is 7.00. The maximum absolute atomic E-state index is 12.4. The molecule has 1 saturated carbocycles. The van der Waals surface area contributed by atoms with Crippen molar-refractivity contribution in [1.82, 2.24) is 5.32 Å². The molecular weight excluding hydrogens is 326 g/mol. The summed E-state index contributed by atoms with van der Waals surface area (Å²) in [5, 5.41) is 3.15. The fraction of sp³-hybridized carbons (Fsp3) is 0.409. The van der Waals surface area contributed by atoms with Gasteiger partial charge in [0, 0.05) is 24.4 Å². The number of methoxy groups -OCH3 is 2. The molecule has 0 spiro atoms. The molecule has 0 bridgehead atoms. The fourth-order valence-corrected chi connectivity index (χ4v) is 3.59. The van der Waals surface area contributed by atoms with E-state index in [1.165, 1.54) is 12.0 Å². The van der Waals surface area contributed by atoms with Gasteiger partial charge in [-0.05, 0) is 42.5 Å². The van der Waals surface area contributed by atoms with E-state index in [1.54, 1.807) is 14.2 Å². The van der Waals surface area contributed by atoms with E-state index in [0.717, 1.165) is 36.4 Å². The van der Waals surface area contributed by atoms with Gasteiger partial charge in [0.2, 0.25) is 5.91 Å². The number of rotatable bonds is 8. The third-order valence-electron chi connectivity index (χ3n) is 5.37. The molecule has 0 atom stereocenters. The zero-order chi connectivity index (χ0) is 18.4. The van der Waals surface area contributed by atoms with E-state index >= 15 is 0 Å². The lowest BCUT2D eigenvalue weighted by molar-refractivity contribution is -0.121. The van der Waals surface area contributed by atoms with Crippen LogP contribution in [0.15, 0.2) is 48.5 Å². The highest BCUT2D eigenvalue weighted by atomic mass is 16.5. The Hall–Kier alpha value is -2.49. The molecule has 1 aliphatic rings. The highest BCUT2D eigenvalue weighted by Crippen LogP contribution is 2.43. The number of benzene rings is 2. The molecule has 3 rings (SSSR count). The molecule has 4 heteroatoms. The summed E-state index contributed by atoms with van der Waals surface area (Å²) in [7, 11) is 3.26. The van der Waals surface area contributed by atoms with Crippen molar-refractivity contribution in [3.8, 4) is 11.5 Å². The van der Waals surface area contributed by atoms with E-state index in [4.69, 9.17) is 9.47 Å². The molecule has 0 heterocycles. The van der Waals surface area contributed by atoms with Crippen molar-refractivity contribution in [2.45, 2.75) is 37.5 Å². The predicted octanol–water partition coefficient (Wildman–Crippen LogP) is 3.87. The minimum atomic E-state index is 0.0917. The van der Waals surface area contributed by atoms with Crippen LogP contribution < -0.4 is 14.8 Å². The number of nitrogens with one attached hydrogen (secondary N) is 1. The van der Waals surface area contributed by atoms with Crippen LogP contribution in [0.1, 0.15) is 36.8 Å². The Labute approximate surface area is 155 Å². The molecule has 138 valence electrons. The maximum Gasteiger partial charge on any atom is 0.220 e. The summed E-state index contributed by atoms with van der Waals surface area (Å²) in [6, 6.07) is 16.3. The highest BCUT2D eigenvalue weighted by molar-refractivity contribution is 5.76. The van der Waals surface area contributed by atoms with Gasteiger partial charge in [0.15, 0.2) is 0 Å². The summed E-state index contributed by atoms with van der Waals surface area (Å²) >= 11 is 0. The van der Waals surface area contributed by atoms with Gasteiger partial charge in [-0.3, -0.25) is 4.79 Å². The summed E-state index contributed by atoms with van der Waals surface area (Å²) in [6.07, 6.45) is 4.64. The van der Waals surface area contributed by atoms with E-state index in [0.29, 0.717) is 12.8 Å². The topological polar surface area (TPSA) is 47.6 Å². The molecule has 0 radical (unpaired) electrons. The van der Waals surface area contributed by atoms with Gasteiger partial charge in [-0.15, -0.1) is 0 Å². The number of hydrogen-bond acceptors (Lipinski definition) is 3. The van der Waals surface area contributed by atoms with Gasteiger partial charge in [0.1, 0.15) is 11.5 Å². The van der Waals surface area contributed by atoms with Gasteiger partial charge < -0.3 is 14.8 Å². The number of amides is 1. The number of aryl methyl sites for hydroxylation is 1. The van der Waals surface area contributed by atoms with Gasteiger partial charge in [-0.1, -0.05) is 36.8 Å². The van der Waals surface area contributed by atoms with Crippen LogP contribution in [0.25, 0.3) is 0 Å². The first-order valence-electron chi connectivity index (χ1n) is 9.19. The standard InChI is InChI=1S/C22H27NO3/c1-25-19-13-17(14-20(15-19)26-2)9-10-21(24)23-16-22(11-6-12-22)18-7-4-3-5-8-18/h3-5,7-8,13-15H,6,9-12,16H2,1-2H3,(H,23,24). The zero-order valence-electron chi connectivity index (χ0n) is 15.6. The molecule has 1 N–H and O–H groups in total. The molecular formula is C22H27NO3. The van der Waals surface area contributed by atoms with Gasteiger partial charge in [-0.2, -0.15) is 0 Å². The van der Waals surface area contributed by atoms with Crippen LogP contribution in [-0.2, 0) is 16.6 Å². The van der Waals surface area contributed by atoms with Crippen LogP contribution in [0.3, 0.4) is 0 Å². The van der Waals surface area contributed by atoms with Crippen LogP contribution >= 0.6 is 0 Å². The minimum absolute atomic E-state index is 0.0917. The maximum atomic E-state index is 12.4. The van der Waals surface area contributed by atoms with Crippen LogP contribution in [-0.4, -0.2) is 26.7 Å². The summed E-state index contributed by atoms with van der Waals surface area (Å²) in [5.41, 5.74) is 2.50. The van der Waals surface area contributed by atoms with E-state index in [-0.39, 0.29) is 11.3 Å². The smallest absolute Gasteiger partial charge is 0.220 e. The first-order chi connectivity index (χ1) is 12.6. The molecule has 0 aromatic heterocycles. The van der Waals surface area contributed by atoms with Crippen molar-refractivity contribution in [3.63, 3.8) is 0 Å². The first-order valence-corrected chi connectivity index (χ1v) is 9.19. The van der Waals surface area contributed by atoms with Crippen molar-refractivity contribution >= 4 is 5.91 Å². The van der Waals surface area contributed by atoms with Crippen LogP contribution in [0.2, 0.25) is 0 Å². The Morgan fingerprint density at radius 1 is 1.04 bits per heavy atom. The molecule has 0 unspecified atom stereocenters. The van der Waals surface area contributed by atoms with Gasteiger partial charge in [0.25, 0.3) is 0 Å². The summed E-state index contributed by atoms with van der Waals surface area (Å²) in [5.74, 6) is 1.59. The van der Waals surface area contributed by atoms with Gasteiger partial charge >= 0.3 is 0 Å². The molecule has 0 saturated heterocycles. The fourth-order valence-electron chi connectivity index (χ4n) is 3.59. The third kappa shape index (κ3) is 4.18. The third-order valence-corrected chi connectivity index (χ3v) is 5.37. The van der Waals surface area contributed by atoms with Crippen LogP contribution in [0, 0.1) is 0 Å². The lowest BCUT2D eigenvalue weighted by Gasteiger charge is -2.42. The Morgan fingerprint density at radius 2 is 1.69 bits per heavy atom. The second-order valence-electron chi connectivity index (χ2n) is 7.00. The normalized spacial score (nSPS) is 15.0. The van der Waals surface area contributed by atoms with E-state index in [2.05, 4.69) is 29.6 Å². The Balaban J connectivity index is 1.55. The highest BCUT2D eigenvalue weighted by Gasteiger charge is 2.38.